The van der Waals surface area contributed by atoms with Crippen LogP contribution in [0, 0.1) is 5.92 Å². The van der Waals surface area contributed by atoms with Gasteiger partial charge in [-0.25, -0.2) is 0 Å². The van der Waals surface area contributed by atoms with Gasteiger partial charge >= 0.3 is 0 Å². The summed E-state index contributed by atoms with van der Waals surface area (Å²) < 4.78 is 0. The van der Waals surface area contributed by atoms with E-state index < -0.39 is 11.5 Å². The molecule has 2 unspecified atom stereocenters. The zero-order valence-electron chi connectivity index (χ0n) is 7.12. The van der Waals surface area contributed by atoms with Crippen LogP contribution in [0.3, 0.4) is 0 Å². The van der Waals surface area contributed by atoms with Crippen LogP contribution in [0.15, 0.2) is 0 Å². The quantitative estimate of drug-likeness (QED) is 0.528. The van der Waals surface area contributed by atoms with E-state index in [4.69, 9.17) is 11.5 Å². The van der Waals surface area contributed by atoms with Crippen LogP contribution in [0.1, 0.15) is 25.7 Å². The molecular formula is C8H16N2O2. The molecule has 0 heterocycles. The van der Waals surface area contributed by atoms with E-state index in [1.807, 2.05) is 0 Å². The van der Waals surface area contributed by atoms with Gasteiger partial charge in [0.05, 0.1) is 12.0 Å². The zero-order chi connectivity index (χ0) is 9.19. The van der Waals surface area contributed by atoms with Gasteiger partial charge in [-0.2, -0.15) is 0 Å². The maximum atomic E-state index is 10.6. The minimum atomic E-state index is -0.865. The lowest BCUT2D eigenvalue weighted by Gasteiger charge is -2.20. The molecule has 1 saturated carbocycles. The third kappa shape index (κ3) is 2.19. The van der Waals surface area contributed by atoms with Gasteiger partial charge < -0.3 is 16.6 Å². The van der Waals surface area contributed by atoms with Gasteiger partial charge in [-0.05, 0) is 31.7 Å². The summed E-state index contributed by atoms with van der Waals surface area (Å²) in [5, 5.41) is 9.81. The van der Waals surface area contributed by atoms with E-state index in [1.54, 1.807) is 0 Å². The molecule has 12 heavy (non-hydrogen) atoms. The molecule has 2 atom stereocenters. The van der Waals surface area contributed by atoms with Crippen LogP contribution in [0.4, 0.5) is 0 Å². The molecule has 0 aromatic carbocycles. The van der Waals surface area contributed by atoms with Crippen molar-refractivity contribution < 1.29 is 9.90 Å². The maximum Gasteiger partial charge on any atom is 0.220 e. The molecule has 0 aromatic heterocycles. The van der Waals surface area contributed by atoms with E-state index in [0.717, 1.165) is 6.42 Å². The van der Waals surface area contributed by atoms with Gasteiger partial charge in [0.2, 0.25) is 5.91 Å². The fraction of sp³-hybridized carbons (Fsp3) is 0.875. The Morgan fingerprint density at radius 2 is 2.33 bits per heavy atom. The van der Waals surface area contributed by atoms with E-state index in [-0.39, 0.29) is 6.42 Å². The number of carbonyl (C=O) groups excluding carboxylic acids is 1. The number of hydrogen-bond acceptors (Lipinski definition) is 3. The number of amides is 1. The van der Waals surface area contributed by atoms with Crippen LogP contribution in [0.5, 0.6) is 0 Å². The van der Waals surface area contributed by atoms with Gasteiger partial charge in [0.1, 0.15) is 0 Å². The second-order valence-corrected chi connectivity index (χ2v) is 3.71. The van der Waals surface area contributed by atoms with Crippen LogP contribution >= 0.6 is 0 Å². The summed E-state index contributed by atoms with van der Waals surface area (Å²) >= 11 is 0. The zero-order valence-corrected chi connectivity index (χ0v) is 7.12. The molecule has 1 aliphatic rings. The summed E-state index contributed by atoms with van der Waals surface area (Å²) in [6, 6.07) is 0. The highest BCUT2D eigenvalue weighted by Crippen LogP contribution is 2.35. The minimum absolute atomic E-state index is 0.0729. The van der Waals surface area contributed by atoms with Crippen molar-refractivity contribution in [2.24, 2.45) is 17.4 Å². The van der Waals surface area contributed by atoms with Crippen molar-refractivity contribution in [2.75, 3.05) is 6.54 Å². The third-order valence-corrected chi connectivity index (χ3v) is 2.52. The van der Waals surface area contributed by atoms with E-state index >= 15 is 0 Å². The van der Waals surface area contributed by atoms with Gasteiger partial charge in [-0.15, -0.1) is 0 Å². The molecule has 0 bridgehead atoms. The van der Waals surface area contributed by atoms with Gasteiger partial charge in [0, 0.05) is 0 Å². The van der Waals surface area contributed by atoms with Crippen LogP contribution in [-0.2, 0) is 4.79 Å². The first-order valence-electron chi connectivity index (χ1n) is 4.26. The highest BCUT2D eigenvalue weighted by molar-refractivity contribution is 5.74. The van der Waals surface area contributed by atoms with Crippen molar-refractivity contribution in [2.45, 2.75) is 31.3 Å². The second kappa shape index (κ2) is 3.41. The molecule has 5 N–H and O–H groups in total. The molecule has 0 radical (unpaired) electrons. The van der Waals surface area contributed by atoms with E-state index in [9.17, 15) is 9.90 Å². The number of aliphatic hydroxyl groups is 1. The predicted molar refractivity (Wildman–Crippen MR) is 45.2 cm³/mol. The Hall–Kier alpha value is -0.610. The molecule has 1 rings (SSSR count). The van der Waals surface area contributed by atoms with Crippen LogP contribution < -0.4 is 11.5 Å². The summed E-state index contributed by atoms with van der Waals surface area (Å²) in [6.07, 6.45) is 2.24. The lowest BCUT2D eigenvalue weighted by molar-refractivity contribution is -0.122. The molecule has 1 fully saturated rings. The Morgan fingerprint density at radius 3 is 2.75 bits per heavy atom. The van der Waals surface area contributed by atoms with E-state index in [2.05, 4.69) is 0 Å². The maximum absolute atomic E-state index is 10.6. The second-order valence-electron chi connectivity index (χ2n) is 3.71. The number of primary amides is 1. The third-order valence-electron chi connectivity index (χ3n) is 2.52. The Labute approximate surface area is 71.9 Å². The fourth-order valence-electron chi connectivity index (χ4n) is 1.90. The van der Waals surface area contributed by atoms with Crippen molar-refractivity contribution >= 4 is 5.91 Å². The molecule has 0 aliphatic heterocycles. The van der Waals surface area contributed by atoms with Crippen LogP contribution in [0.2, 0.25) is 0 Å². The van der Waals surface area contributed by atoms with Gasteiger partial charge in [0.25, 0.3) is 0 Å². The summed E-state index contributed by atoms with van der Waals surface area (Å²) in [4.78, 5) is 10.6. The number of hydrogen-bond donors (Lipinski definition) is 3. The predicted octanol–water partition coefficient (Wildman–Crippen LogP) is -0.648. The van der Waals surface area contributed by atoms with Crippen molar-refractivity contribution in [3.63, 3.8) is 0 Å². The molecule has 70 valence electrons. The largest absolute Gasteiger partial charge is 0.389 e. The number of nitrogens with two attached hydrogens (primary N) is 2. The Morgan fingerprint density at radius 1 is 1.67 bits per heavy atom. The average Bonchev–Trinajstić information content (AvgIpc) is 2.30. The molecule has 1 aliphatic carbocycles. The number of carbonyl (C=O) groups is 1. The first-order valence-corrected chi connectivity index (χ1v) is 4.26. The monoisotopic (exact) mass is 172 g/mol. The SMILES string of the molecule is NCC1CCC(O)(CC(N)=O)C1. The molecular weight excluding hydrogens is 156 g/mol. The first kappa shape index (κ1) is 9.48. The molecule has 0 aromatic rings. The van der Waals surface area contributed by atoms with Crippen molar-refractivity contribution in [1.29, 1.82) is 0 Å². The minimum Gasteiger partial charge on any atom is -0.389 e. The smallest absolute Gasteiger partial charge is 0.220 e. The molecule has 0 spiro atoms. The van der Waals surface area contributed by atoms with E-state index in [1.165, 1.54) is 0 Å². The summed E-state index contributed by atoms with van der Waals surface area (Å²) in [5.74, 6) is -0.0791. The first-order chi connectivity index (χ1) is 5.56. The normalized spacial score (nSPS) is 35.3. The fourth-order valence-corrected chi connectivity index (χ4v) is 1.90. The summed E-state index contributed by atoms with van der Waals surface area (Å²) in [7, 11) is 0. The van der Waals surface area contributed by atoms with Crippen molar-refractivity contribution in [3.05, 3.63) is 0 Å². The lowest BCUT2D eigenvalue weighted by atomic mass is 9.96. The lowest BCUT2D eigenvalue weighted by Crippen LogP contribution is -2.32. The van der Waals surface area contributed by atoms with Crippen LogP contribution in [-0.4, -0.2) is 23.2 Å². The van der Waals surface area contributed by atoms with Crippen molar-refractivity contribution in [1.82, 2.24) is 0 Å². The van der Waals surface area contributed by atoms with Crippen LogP contribution in [0.25, 0.3) is 0 Å². The van der Waals surface area contributed by atoms with Gasteiger partial charge in [-0.1, -0.05) is 0 Å². The topological polar surface area (TPSA) is 89.3 Å². The molecule has 0 saturated heterocycles. The standard InChI is InChI=1S/C8H16N2O2/c9-5-6-1-2-8(12,3-6)4-7(10)11/h6,12H,1-5,9H2,(H2,10,11). The average molecular weight is 172 g/mol. The highest BCUT2D eigenvalue weighted by Gasteiger charge is 2.37. The Kier molecular flexibility index (Phi) is 2.69. The summed E-state index contributed by atoms with van der Waals surface area (Å²) in [5.41, 5.74) is 9.61. The van der Waals surface area contributed by atoms with Gasteiger partial charge in [0.15, 0.2) is 0 Å². The Balaban J connectivity index is 2.46. The molecule has 4 nitrogen and oxygen atoms in total. The molecule has 1 amide bonds. The Bertz CT molecular complexity index is 184. The highest BCUT2D eigenvalue weighted by atomic mass is 16.3. The summed E-state index contributed by atoms with van der Waals surface area (Å²) in [6.45, 7) is 0.584. The molecule has 4 heteroatoms. The van der Waals surface area contributed by atoms with Crippen molar-refractivity contribution in [3.8, 4) is 0 Å². The number of rotatable bonds is 3. The van der Waals surface area contributed by atoms with Gasteiger partial charge in [-0.3, -0.25) is 4.79 Å². The van der Waals surface area contributed by atoms with E-state index in [0.29, 0.717) is 25.3 Å².